The van der Waals surface area contributed by atoms with Crippen LogP contribution in [0.1, 0.15) is 0 Å². The first-order chi connectivity index (χ1) is 7.57. The quantitative estimate of drug-likeness (QED) is 0.488. The highest BCUT2D eigenvalue weighted by atomic mass is 35.5. The average molecular weight is 244 g/mol. The first-order valence-electron chi connectivity index (χ1n) is 4.86. The Balaban J connectivity index is 2.32. The summed E-state index contributed by atoms with van der Waals surface area (Å²) in [5.41, 5.74) is 0. The summed E-state index contributed by atoms with van der Waals surface area (Å²) in [6.07, 6.45) is 1.56. The highest BCUT2D eigenvalue weighted by Gasteiger charge is 2.50. The number of hydrogen-bond acceptors (Lipinski definition) is 3. The zero-order chi connectivity index (χ0) is 11.9. The van der Waals surface area contributed by atoms with E-state index in [1.54, 1.807) is 18.0 Å². The number of carbonyl (C=O) groups excluding carboxylic acids is 2. The summed E-state index contributed by atoms with van der Waals surface area (Å²) in [5.74, 6) is 0.615. The van der Waals surface area contributed by atoms with Gasteiger partial charge in [-0.1, -0.05) is 0 Å². The van der Waals surface area contributed by atoms with E-state index in [1.807, 2.05) is 0 Å². The molecular formula is C9H12ClN4O2+. The van der Waals surface area contributed by atoms with Crippen molar-refractivity contribution in [3.05, 3.63) is 0 Å². The Morgan fingerprint density at radius 3 is 2.75 bits per heavy atom. The van der Waals surface area contributed by atoms with Crippen molar-refractivity contribution < 1.29 is 14.2 Å². The predicted octanol–water partition coefficient (Wildman–Crippen LogP) is -0.429. The van der Waals surface area contributed by atoms with Crippen LogP contribution in [-0.2, 0) is 4.79 Å². The first kappa shape index (κ1) is 11.1. The van der Waals surface area contributed by atoms with E-state index in [-0.39, 0.29) is 11.9 Å². The van der Waals surface area contributed by atoms with Gasteiger partial charge in [0, 0.05) is 14.1 Å². The lowest BCUT2D eigenvalue weighted by Crippen LogP contribution is -2.61. The third-order valence-corrected chi connectivity index (χ3v) is 2.91. The Kier molecular flexibility index (Phi) is 2.67. The SMILES string of the molecule is CN1C(=O)C2C(=NC=[N+]2CCCl)N(C)C1=O. The molecule has 0 aromatic carbocycles. The molecule has 6 nitrogen and oxygen atoms in total. The fraction of sp³-hybridized carbons (Fsp3) is 0.556. The lowest BCUT2D eigenvalue weighted by molar-refractivity contribution is -0.526. The van der Waals surface area contributed by atoms with E-state index < -0.39 is 6.04 Å². The standard InChI is InChI=1S/C9H12ClN4O2/c1-12-7-6(8(15)13(2)9(12)16)14(4-3-10)5-11-7/h5-6H,3-4H2,1-2H3/q+1. The second kappa shape index (κ2) is 3.86. The smallest absolute Gasteiger partial charge is 0.269 e. The zero-order valence-corrected chi connectivity index (χ0v) is 9.81. The molecule has 1 unspecified atom stereocenters. The van der Waals surface area contributed by atoms with Gasteiger partial charge >= 0.3 is 6.03 Å². The molecule has 0 aromatic heterocycles. The molecule has 0 bridgehead atoms. The molecular weight excluding hydrogens is 232 g/mol. The number of urea groups is 1. The number of aliphatic imine (C=N–C) groups is 1. The maximum absolute atomic E-state index is 11.9. The Morgan fingerprint density at radius 1 is 1.44 bits per heavy atom. The second-order valence-corrected chi connectivity index (χ2v) is 4.05. The van der Waals surface area contributed by atoms with Gasteiger partial charge < -0.3 is 0 Å². The number of imide groups is 1. The van der Waals surface area contributed by atoms with Crippen LogP contribution < -0.4 is 0 Å². The molecule has 86 valence electrons. The number of rotatable bonds is 2. The van der Waals surface area contributed by atoms with E-state index in [0.717, 1.165) is 4.90 Å². The van der Waals surface area contributed by atoms with Crippen LogP contribution in [0.3, 0.4) is 0 Å². The highest BCUT2D eigenvalue weighted by molar-refractivity contribution is 6.21. The summed E-state index contributed by atoms with van der Waals surface area (Å²) in [4.78, 5) is 30.2. The van der Waals surface area contributed by atoms with Crippen molar-refractivity contribution in [1.82, 2.24) is 9.80 Å². The van der Waals surface area contributed by atoms with Crippen LogP contribution in [0.4, 0.5) is 4.79 Å². The van der Waals surface area contributed by atoms with Crippen molar-refractivity contribution in [3.63, 3.8) is 0 Å². The number of halogens is 1. The molecule has 7 heteroatoms. The monoisotopic (exact) mass is 243 g/mol. The van der Waals surface area contributed by atoms with E-state index in [2.05, 4.69) is 4.99 Å². The first-order valence-corrected chi connectivity index (χ1v) is 5.39. The van der Waals surface area contributed by atoms with Gasteiger partial charge in [0.25, 0.3) is 24.1 Å². The van der Waals surface area contributed by atoms with Crippen LogP contribution in [0.5, 0.6) is 0 Å². The summed E-state index contributed by atoms with van der Waals surface area (Å²) in [7, 11) is 3.07. The molecule has 0 radical (unpaired) electrons. The minimum absolute atomic E-state index is 0.263. The lowest BCUT2D eigenvalue weighted by Gasteiger charge is -2.30. The van der Waals surface area contributed by atoms with E-state index in [0.29, 0.717) is 18.3 Å². The van der Waals surface area contributed by atoms with Gasteiger partial charge in [-0.15, -0.1) is 11.6 Å². The molecule has 0 aromatic rings. The molecule has 0 saturated carbocycles. The summed E-state index contributed by atoms with van der Waals surface area (Å²) < 4.78 is 1.74. The summed E-state index contributed by atoms with van der Waals surface area (Å²) in [6, 6.07) is -0.868. The van der Waals surface area contributed by atoms with Crippen LogP contribution >= 0.6 is 11.6 Å². The molecule has 1 saturated heterocycles. The van der Waals surface area contributed by atoms with E-state index in [1.165, 1.54) is 11.9 Å². The summed E-state index contributed by atoms with van der Waals surface area (Å²) in [6.45, 7) is 0.529. The lowest BCUT2D eigenvalue weighted by atomic mass is 10.1. The van der Waals surface area contributed by atoms with Crippen LogP contribution in [0.2, 0.25) is 0 Å². The Labute approximate surface area is 97.8 Å². The minimum atomic E-state index is -0.508. The molecule has 0 N–H and O–H groups in total. The molecule has 1 atom stereocenters. The van der Waals surface area contributed by atoms with Crippen LogP contribution in [-0.4, -0.2) is 71.0 Å². The van der Waals surface area contributed by atoms with Gasteiger partial charge in [-0.25, -0.2) is 9.37 Å². The second-order valence-electron chi connectivity index (χ2n) is 3.67. The van der Waals surface area contributed by atoms with Crippen molar-refractivity contribution >= 4 is 35.7 Å². The normalized spacial score (nSPS) is 24.6. The topological polar surface area (TPSA) is 56.0 Å². The molecule has 0 aliphatic carbocycles. The van der Waals surface area contributed by atoms with Crippen LogP contribution in [0, 0.1) is 0 Å². The van der Waals surface area contributed by atoms with Crippen molar-refractivity contribution in [3.8, 4) is 0 Å². The number of amides is 3. The number of amidine groups is 1. The number of hydrogen-bond donors (Lipinski definition) is 0. The summed E-state index contributed by atoms with van der Waals surface area (Å²) in [5, 5.41) is 0. The predicted molar refractivity (Wildman–Crippen MR) is 59.1 cm³/mol. The number of likely N-dealkylation sites (N-methyl/N-ethyl adjacent to an activating group) is 2. The van der Waals surface area contributed by atoms with Gasteiger partial charge in [0.05, 0.1) is 12.4 Å². The van der Waals surface area contributed by atoms with Crippen molar-refractivity contribution in [2.75, 3.05) is 26.5 Å². The molecule has 16 heavy (non-hydrogen) atoms. The molecule has 3 amide bonds. The van der Waals surface area contributed by atoms with Crippen LogP contribution in [0.25, 0.3) is 0 Å². The number of fused-ring (bicyclic) bond motifs is 1. The third-order valence-electron chi connectivity index (χ3n) is 2.74. The summed E-state index contributed by atoms with van der Waals surface area (Å²) >= 11 is 5.64. The molecule has 0 spiro atoms. The van der Waals surface area contributed by atoms with E-state index in [4.69, 9.17) is 11.6 Å². The van der Waals surface area contributed by atoms with Crippen molar-refractivity contribution in [2.24, 2.45) is 4.99 Å². The van der Waals surface area contributed by atoms with E-state index >= 15 is 0 Å². The third kappa shape index (κ3) is 1.41. The van der Waals surface area contributed by atoms with Crippen LogP contribution in [0.15, 0.2) is 4.99 Å². The van der Waals surface area contributed by atoms with E-state index in [9.17, 15) is 9.59 Å². The molecule has 2 aliphatic rings. The number of carbonyl (C=O) groups is 2. The van der Waals surface area contributed by atoms with Gasteiger partial charge in [-0.3, -0.25) is 14.6 Å². The number of nitrogens with zero attached hydrogens (tertiary/aromatic N) is 4. The molecule has 1 fully saturated rings. The van der Waals surface area contributed by atoms with Crippen molar-refractivity contribution in [2.45, 2.75) is 6.04 Å². The maximum atomic E-state index is 11.9. The Bertz CT molecular complexity index is 418. The fourth-order valence-corrected chi connectivity index (χ4v) is 2.02. The largest absolute Gasteiger partial charge is 0.333 e. The highest BCUT2D eigenvalue weighted by Crippen LogP contribution is 2.16. The fourth-order valence-electron chi connectivity index (χ4n) is 1.83. The Hall–Kier alpha value is -1.43. The van der Waals surface area contributed by atoms with Gasteiger partial charge in [-0.05, 0) is 4.99 Å². The Morgan fingerprint density at radius 2 is 2.12 bits per heavy atom. The average Bonchev–Trinajstić information content (AvgIpc) is 2.68. The minimum Gasteiger partial charge on any atom is -0.269 e. The van der Waals surface area contributed by atoms with Crippen molar-refractivity contribution in [1.29, 1.82) is 0 Å². The molecule has 2 rings (SSSR count). The van der Waals surface area contributed by atoms with Gasteiger partial charge in [0.15, 0.2) is 0 Å². The van der Waals surface area contributed by atoms with Gasteiger partial charge in [-0.2, -0.15) is 0 Å². The zero-order valence-electron chi connectivity index (χ0n) is 9.05. The molecule has 2 aliphatic heterocycles. The van der Waals surface area contributed by atoms with Gasteiger partial charge in [0.1, 0.15) is 0 Å². The van der Waals surface area contributed by atoms with Gasteiger partial charge in [0.2, 0.25) is 0 Å². The molecule has 2 heterocycles. The maximum Gasteiger partial charge on any atom is 0.333 e. The number of alkyl halides is 1.